The fourth-order valence-corrected chi connectivity index (χ4v) is 2.23. The number of carbonyl (C=O) groups is 1. The van der Waals surface area contributed by atoms with Crippen LogP contribution in [0.25, 0.3) is 0 Å². The van der Waals surface area contributed by atoms with E-state index in [4.69, 9.17) is 0 Å². The average molecular weight is 210 g/mol. The number of nitrogens with one attached hydrogen (secondary N) is 1. The largest absolute Gasteiger partial charge is 0.375 e. The van der Waals surface area contributed by atoms with Gasteiger partial charge in [0.25, 0.3) is 0 Å². The van der Waals surface area contributed by atoms with Gasteiger partial charge in [-0.2, -0.15) is 11.3 Å². The zero-order valence-electron chi connectivity index (χ0n) is 8.03. The second-order valence-corrected chi connectivity index (χ2v) is 4.23. The molecule has 0 aliphatic carbocycles. The first kappa shape index (κ1) is 9.52. The molecule has 1 amide bonds. The number of carbonyl (C=O) groups excluding carboxylic acids is 1. The van der Waals surface area contributed by atoms with Crippen molar-refractivity contribution >= 4 is 22.9 Å². The van der Waals surface area contributed by atoms with E-state index in [0.29, 0.717) is 6.54 Å². The fraction of sp³-hybridized carbons (Fsp3) is 0.500. The van der Waals surface area contributed by atoms with Gasteiger partial charge in [-0.1, -0.05) is 0 Å². The monoisotopic (exact) mass is 210 g/mol. The molecule has 1 N–H and O–H groups in total. The van der Waals surface area contributed by atoms with E-state index in [9.17, 15) is 4.79 Å². The van der Waals surface area contributed by atoms with Crippen LogP contribution in [0.2, 0.25) is 0 Å². The Morgan fingerprint density at radius 3 is 2.93 bits per heavy atom. The summed E-state index contributed by atoms with van der Waals surface area (Å²) in [5.41, 5.74) is 1.04. The van der Waals surface area contributed by atoms with Gasteiger partial charge >= 0.3 is 0 Å². The Morgan fingerprint density at radius 1 is 1.50 bits per heavy atom. The van der Waals surface area contributed by atoms with Crippen molar-refractivity contribution in [1.82, 2.24) is 4.90 Å². The quantitative estimate of drug-likeness (QED) is 0.824. The Bertz CT molecular complexity index is 291. The van der Waals surface area contributed by atoms with Crippen molar-refractivity contribution in [3.8, 4) is 0 Å². The minimum absolute atomic E-state index is 0.216. The third-order valence-corrected chi connectivity index (χ3v) is 3.11. The van der Waals surface area contributed by atoms with E-state index in [1.807, 2.05) is 21.7 Å². The Hall–Kier alpha value is -1.03. The molecule has 4 heteroatoms. The number of amides is 1. The molecule has 2 heterocycles. The molecule has 1 aliphatic rings. The van der Waals surface area contributed by atoms with Gasteiger partial charge in [-0.05, 0) is 24.3 Å². The third kappa shape index (κ3) is 2.26. The first-order valence-electron chi connectivity index (χ1n) is 4.90. The van der Waals surface area contributed by atoms with Gasteiger partial charge in [0, 0.05) is 24.2 Å². The van der Waals surface area contributed by atoms with Gasteiger partial charge in [-0.15, -0.1) is 0 Å². The molecule has 0 atom stereocenters. The molecule has 0 unspecified atom stereocenters. The number of anilines is 1. The van der Waals surface area contributed by atoms with Crippen molar-refractivity contribution in [2.45, 2.75) is 12.8 Å². The van der Waals surface area contributed by atoms with Crippen LogP contribution in [0.5, 0.6) is 0 Å². The predicted molar refractivity (Wildman–Crippen MR) is 58.6 cm³/mol. The zero-order chi connectivity index (χ0) is 9.80. The third-order valence-electron chi connectivity index (χ3n) is 2.42. The number of rotatable bonds is 3. The maximum atomic E-state index is 11.6. The van der Waals surface area contributed by atoms with Gasteiger partial charge in [0.2, 0.25) is 5.91 Å². The van der Waals surface area contributed by atoms with Gasteiger partial charge < -0.3 is 10.2 Å². The normalized spacial score (nSPS) is 15.9. The molecule has 0 bridgehead atoms. The van der Waals surface area contributed by atoms with E-state index < -0.39 is 0 Å². The number of hydrogen-bond acceptors (Lipinski definition) is 3. The van der Waals surface area contributed by atoms with Crippen LogP contribution in [-0.2, 0) is 4.79 Å². The molecular formula is C10H14N2OS. The van der Waals surface area contributed by atoms with E-state index in [2.05, 4.69) is 5.32 Å². The Labute approximate surface area is 87.7 Å². The molecule has 0 aromatic carbocycles. The lowest BCUT2D eigenvalue weighted by Gasteiger charge is -2.15. The molecule has 14 heavy (non-hydrogen) atoms. The molecular weight excluding hydrogens is 196 g/mol. The summed E-state index contributed by atoms with van der Waals surface area (Å²) >= 11 is 1.64. The molecule has 1 fully saturated rings. The van der Waals surface area contributed by atoms with Crippen LogP contribution < -0.4 is 5.32 Å². The molecule has 1 aromatic heterocycles. The fourth-order valence-electron chi connectivity index (χ4n) is 1.62. The van der Waals surface area contributed by atoms with Crippen LogP contribution in [0.1, 0.15) is 12.8 Å². The lowest BCUT2D eigenvalue weighted by atomic mass is 10.4. The van der Waals surface area contributed by atoms with Gasteiger partial charge in [0.05, 0.1) is 6.54 Å². The summed E-state index contributed by atoms with van der Waals surface area (Å²) in [6.07, 6.45) is 2.31. The van der Waals surface area contributed by atoms with Crippen LogP contribution >= 0.6 is 11.3 Å². The molecule has 2 rings (SSSR count). The number of hydrogen-bond donors (Lipinski definition) is 1. The van der Waals surface area contributed by atoms with Crippen molar-refractivity contribution in [3.05, 3.63) is 16.8 Å². The molecule has 0 radical (unpaired) electrons. The van der Waals surface area contributed by atoms with E-state index in [-0.39, 0.29) is 5.91 Å². The molecule has 1 saturated heterocycles. The summed E-state index contributed by atoms with van der Waals surface area (Å²) in [6.45, 7) is 2.30. The SMILES string of the molecule is O=C(CNc1ccsc1)N1CCCC1. The van der Waals surface area contributed by atoms with Crippen molar-refractivity contribution in [2.75, 3.05) is 25.0 Å². The van der Waals surface area contributed by atoms with Crippen LogP contribution in [0, 0.1) is 0 Å². The van der Waals surface area contributed by atoms with Gasteiger partial charge in [-0.3, -0.25) is 4.79 Å². The summed E-state index contributed by atoms with van der Waals surface area (Å²) in [5, 5.41) is 7.13. The minimum atomic E-state index is 0.216. The van der Waals surface area contributed by atoms with E-state index >= 15 is 0 Å². The molecule has 76 valence electrons. The van der Waals surface area contributed by atoms with Crippen molar-refractivity contribution in [1.29, 1.82) is 0 Å². The second kappa shape index (κ2) is 4.46. The highest BCUT2D eigenvalue weighted by Crippen LogP contribution is 2.12. The lowest BCUT2D eigenvalue weighted by Crippen LogP contribution is -2.32. The second-order valence-electron chi connectivity index (χ2n) is 3.45. The van der Waals surface area contributed by atoms with E-state index in [1.54, 1.807) is 11.3 Å². The average Bonchev–Trinajstić information content (AvgIpc) is 2.87. The maximum Gasteiger partial charge on any atom is 0.241 e. The summed E-state index contributed by atoms with van der Waals surface area (Å²) < 4.78 is 0. The topological polar surface area (TPSA) is 32.3 Å². The molecule has 1 aliphatic heterocycles. The summed E-state index contributed by atoms with van der Waals surface area (Å²) in [5.74, 6) is 0.216. The van der Waals surface area contributed by atoms with Crippen molar-refractivity contribution < 1.29 is 4.79 Å². The van der Waals surface area contributed by atoms with Gasteiger partial charge in [-0.25, -0.2) is 0 Å². The molecule has 1 aromatic rings. The van der Waals surface area contributed by atoms with Crippen LogP contribution in [0.3, 0.4) is 0 Å². The number of thiophene rings is 1. The van der Waals surface area contributed by atoms with E-state index in [0.717, 1.165) is 31.6 Å². The summed E-state index contributed by atoms with van der Waals surface area (Å²) in [6, 6.07) is 1.99. The van der Waals surface area contributed by atoms with Gasteiger partial charge in [0.1, 0.15) is 0 Å². The standard InChI is InChI=1S/C10H14N2OS/c13-10(12-4-1-2-5-12)7-11-9-3-6-14-8-9/h3,6,8,11H,1-2,4-5,7H2. The van der Waals surface area contributed by atoms with Crippen LogP contribution in [0.4, 0.5) is 5.69 Å². The summed E-state index contributed by atoms with van der Waals surface area (Å²) in [7, 11) is 0. The highest BCUT2D eigenvalue weighted by atomic mass is 32.1. The van der Waals surface area contributed by atoms with Crippen molar-refractivity contribution in [2.24, 2.45) is 0 Å². The van der Waals surface area contributed by atoms with Crippen LogP contribution in [0.15, 0.2) is 16.8 Å². The molecule has 3 nitrogen and oxygen atoms in total. The Morgan fingerprint density at radius 2 is 2.29 bits per heavy atom. The first-order chi connectivity index (χ1) is 6.86. The lowest BCUT2D eigenvalue weighted by molar-refractivity contribution is -0.128. The predicted octanol–water partition coefficient (Wildman–Crippen LogP) is 1.78. The zero-order valence-corrected chi connectivity index (χ0v) is 8.85. The number of likely N-dealkylation sites (tertiary alicyclic amines) is 1. The smallest absolute Gasteiger partial charge is 0.241 e. The Balaban J connectivity index is 1.77. The van der Waals surface area contributed by atoms with E-state index in [1.165, 1.54) is 0 Å². The maximum absolute atomic E-state index is 11.6. The highest BCUT2D eigenvalue weighted by Gasteiger charge is 2.16. The molecule has 0 saturated carbocycles. The first-order valence-corrected chi connectivity index (χ1v) is 5.84. The number of nitrogens with zero attached hydrogens (tertiary/aromatic N) is 1. The molecule has 0 spiro atoms. The minimum Gasteiger partial charge on any atom is -0.375 e. The summed E-state index contributed by atoms with van der Waals surface area (Å²) in [4.78, 5) is 13.5. The van der Waals surface area contributed by atoms with Gasteiger partial charge in [0.15, 0.2) is 0 Å². The Kier molecular flexibility index (Phi) is 3.03. The van der Waals surface area contributed by atoms with Crippen molar-refractivity contribution in [3.63, 3.8) is 0 Å². The highest BCUT2D eigenvalue weighted by molar-refractivity contribution is 7.08. The van der Waals surface area contributed by atoms with Crippen LogP contribution in [-0.4, -0.2) is 30.4 Å².